The molecule has 0 atom stereocenters. The molecule has 0 amide bonds. The summed E-state index contributed by atoms with van der Waals surface area (Å²) in [4.78, 5) is 0. The molecular formula is C66H42. The van der Waals surface area contributed by atoms with Crippen LogP contribution in [0.15, 0.2) is 255 Å². The molecule has 0 aliphatic heterocycles. The van der Waals surface area contributed by atoms with Gasteiger partial charge < -0.3 is 0 Å². The number of fused-ring (bicyclic) bond motifs is 6. The van der Waals surface area contributed by atoms with Crippen LogP contribution in [0, 0.1) is 0 Å². The summed E-state index contributed by atoms with van der Waals surface area (Å²) >= 11 is 0. The van der Waals surface area contributed by atoms with Crippen LogP contribution in [0.2, 0.25) is 0 Å². The van der Waals surface area contributed by atoms with Crippen LogP contribution in [0.25, 0.3) is 131 Å². The second-order valence-corrected chi connectivity index (χ2v) is 17.5. The molecule has 13 aromatic carbocycles. The average molecular weight is 835 g/mol. The molecule has 0 fully saturated rings. The fraction of sp³-hybridized carbons (Fsp3) is 0. The molecular weight excluding hydrogens is 793 g/mol. The molecule has 0 spiro atoms. The van der Waals surface area contributed by atoms with Gasteiger partial charge in [0.15, 0.2) is 0 Å². The lowest BCUT2D eigenvalue weighted by atomic mass is 9.83. The number of benzene rings is 13. The highest BCUT2D eigenvalue weighted by atomic mass is 14.2. The van der Waals surface area contributed by atoms with Crippen molar-refractivity contribution in [2.24, 2.45) is 0 Å². The molecule has 0 N–H and O–H groups in total. The predicted octanol–water partition coefficient (Wildman–Crippen LogP) is 18.6. The minimum Gasteiger partial charge on any atom is -0.0616 e. The van der Waals surface area contributed by atoms with Crippen molar-refractivity contribution < 1.29 is 0 Å². The fourth-order valence-electron chi connectivity index (χ4n) is 10.9. The van der Waals surface area contributed by atoms with Gasteiger partial charge in [0.05, 0.1) is 0 Å². The highest BCUT2D eigenvalue weighted by molar-refractivity contribution is 6.23. The SMILES string of the molecule is c1cc(-c2cccc3ccccc23)cc(-c2c3ccccc3c(-c3ccc(-c4c5ccccc5c(-c5cccc(-c6cccc7ccccc67)c5)c5ccccc45)cc3)c3ccccc23)c1. The van der Waals surface area contributed by atoms with Crippen LogP contribution >= 0.6 is 0 Å². The first-order valence-corrected chi connectivity index (χ1v) is 22.9. The van der Waals surface area contributed by atoms with Gasteiger partial charge in [0.25, 0.3) is 0 Å². The summed E-state index contributed by atoms with van der Waals surface area (Å²) < 4.78 is 0. The zero-order valence-corrected chi connectivity index (χ0v) is 36.2. The zero-order chi connectivity index (χ0) is 43.6. The first-order chi connectivity index (χ1) is 32.8. The highest BCUT2D eigenvalue weighted by Crippen LogP contribution is 2.47. The molecule has 0 unspecified atom stereocenters. The van der Waals surface area contributed by atoms with Gasteiger partial charge in [0, 0.05) is 0 Å². The third kappa shape index (κ3) is 6.15. The smallest absolute Gasteiger partial charge is 0.00262 e. The summed E-state index contributed by atoms with van der Waals surface area (Å²) in [5, 5.41) is 15.1. The zero-order valence-electron chi connectivity index (χ0n) is 36.2. The van der Waals surface area contributed by atoms with E-state index in [1.807, 2.05) is 0 Å². The van der Waals surface area contributed by atoms with Crippen LogP contribution < -0.4 is 0 Å². The van der Waals surface area contributed by atoms with Crippen molar-refractivity contribution in [3.8, 4) is 66.8 Å². The molecule has 0 nitrogen and oxygen atoms in total. The maximum absolute atomic E-state index is 2.38. The Kier molecular flexibility index (Phi) is 8.96. The van der Waals surface area contributed by atoms with E-state index in [2.05, 4.69) is 255 Å². The Morgan fingerprint density at radius 2 is 0.394 bits per heavy atom. The number of rotatable bonds is 6. The second kappa shape index (κ2) is 15.6. The van der Waals surface area contributed by atoms with Crippen molar-refractivity contribution in [2.45, 2.75) is 0 Å². The van der Waals surface area contributed by atoms with Gasteiger partial charge in [0.2, 0.25) is 0 Å². The lowest BCUT2D eigenvalue weighted by molar-refractivity contribution is 1.62. The van der Waals surface area contributed by atoms with E-state index >= 15 is 0 Å². The molecule has 0 aliphatic carbocycles. The molecule has 0 aliphatic rings. The van der Waals surface area contributed by atoms with E-state index in [4.69, 9.17) is 0 Å². The van der Waals surface area contributed by atoms with E-state index in [1.165, 1.54) is 131 Å². The third-order valence-electron chi connectivity index (χ3n) is 13.8. The normalized spacial score (nSPS) is 11.6. The summed E-state index contributed by atoms with van der Waals surface area (Å²) in [6.07, 6.45) is 0. The summed E-state index contributed by atoms with van der Waals surface area (Å²) in [6, 6.07) is 94.1. The minimum absolute atomic E-state index is 1.21. The Hall–Kier alpha value is -8.58. The maximum atomic E-state index is 2.38. The van der Waals surface area contributed by atoms with E-state index in [0.29, 0.717) is 0 Å². The first-order valence-electron chi connectivity index (χ1n) is 22.9. The van der Waals surface area contributed by atoms with Crippen LogP contribution in [-0.2, 0) is 0 Å². The average Bonchev–Trinajstić information content (AvgIpc) is 3.39. The Bertz CT molecular complexity index is 3650. The van der Waals surface area contributed by atoms with E-state index in [0.717, 1.165) is 0 Å². The monoisotopic (exact) mass is 834 g/mol. The third-order valence-corrected chi connectivity index (χ3v) is 13.8. The summed E-state index contributed by atoms with van der Waals surface area (Å²) in [5.74, 6) is 0. The molecule has 0 heterocycles. The molecule has 0 heteroatoms. The van der Waals surface area contributed by atoms with E-state index < -0.39 is 0 Å². The molecule has 0 bridgehead atoms. The topological polar surface area (TPSA) is 0 Å². The summed E-state index contributed by atoms with van der Waals surface area (Å²) in [5.41, 5.74) is 14.9. The van der Waals surface area contributed by atoms with Gasteiger partial charge in [-0.25, -0.2) is 0 Å². The van der Waals surface area contributed by atoms with Crippen molar-refractivity contribution in [1.82, 2.24) is 0 Å². The van der Waals surface area contributed by atoms with Gasteiger partial charge >= 0.3 is 0 Å². The number of hydrogen-bond donors (Lipinski definition) is 0. The molecule has 13 aromatic rings. The molecule has 306 valence electrons. The second-order valence-electron chi connectivity index (χ2n) is 17.5. The van der Waals surface area contributed by atoms with E-state index in [1.54, 1.807) is 0 Å². The minimum atomic E-state index is 1.21. The lowest BCUT2D eigenvalue weighted by Crippen LogP contribution is -1.92. The van der Waals surface area contributed by atoms with Crippen LogP contribution in [0.1, 0.15) is 0 Å². The largest absolute Gasteiger partial charge is 0.0616 e. The summed E-state index contributed by atoms with van der Waals surface area (Å²) in [7, 11) is 0. The molecule has 13 rings (SSSR count). The van der Waals surface area contributed by atoms with Gasteiger partial charge in [-0.05, 0) is 144 Å². The van der Waals surface area contributed by atoms with E-state index in [9.17, 15) is 0 Å². The summed E-state index contributed by atoms with van der Waals surface area (Å²) in [6.45, 7) is 0. The first kappa shape index (κ1) is 37.9. The van der Waals surface area contributed by atoms with Crippen LogP contribution in [-0.4, -0.2) is 0 Å². The van der Waals surface area contributed by atoms with Crippen molar-refractivity contribution in [3.63, 3.8) is 0 Å². The lowest BCUT2D eigenvalue weighted by Gasteiger charge is -2.20. The van der Waals surface area contributed by atoms with Crippen LogP contribution in [0.5, 0.6) is 0 Å². The van der Waals surface area contributed by atoms with E-state index in [-0.39, 0.29) is 0 Å². The van der Waals surface area contributed by atoms with Crippen molar-refractivity contribution in [1.29, 1.82) is 0 Å². The molecule has 0 saturated carbocycles. The van der Waals surface area contributed by atoms with Gasteiger partial charge in [0.1, 0.15) is 0 Å². The molecule has 0 radical (unpaired) electrons. The Labute approximate surface area is 384 Å². The quantitative estimate of drug-likeness (QED) is 0.146. The van der Waals surface area contributed by atoms with Crippen LogP contribution in [0.4, 0.5) is 0 Å². The van der Waals surface area contributed by atoms with Gasteiger partial charge in [-0.2, -0.15) is 0 Å². The van der Waals surface area contributed by atoms with Gasteiger partial charge in [-0.3, -0.25) is 0 Å². The molecule has 0 saturated heterocycles. The van der Waals surface area contributed by atoms with Gasteiger partial charge in [-0.1, -0.05) is 243 Å². The molecule has 0 aromatic heterocycles. The Morgan fingerprint density at radius 1 is 0.152 bits per heavy atom. The highest BCUT2D eigenvalue weighted by Gasteiger charge is 2.20. The maximum Gasteiger partial charge on any atom is -0.00262 e. The predicted molar refractivity (Wildman–Crippen MR) is 284 cm³/mol. The van der Waals surface area contributed by atoms with Gasteiger partial charge in [-0.15, -0.1) is 0 Å². The molecule has 66 heavy (non-hydrogen) atoms. The van der Waals surface area contributed by atoms with Crippen molar-refractivity contribution >= 4 is 64.6 Å². The Balaban J connectivity index is 0.956. The van der Waals surface area contributed by atoms with Crippen molar-refractivity contribution in [3.05, 3.63) is 255 Å². The van der Waals surface area contributed by atoms with Crippen molar-refractivity contribution in [2.75, 3.05) is 0 Å². The number of hydrogen-bond acceptors (Lipinski definition) is 0. The van der Waals surface area contributed by atoms with Crippen LogP contribution in [0.3, 0.4) is 0 Å². The standard InChI is InChI=1S/C66H42/c1-3-25-51-43(17-1)19-15-35-53(51)47-21-13-23-49(41-47)65-59-31-9-5-27-55(59)63(56-28-6-10-32-60(56)65)45-37-39-46(40-38-45)64-57-29-7-11-33-61(57)66(62-34-12-8-30-58(62)64)50-24-14-22-48(42-50)54-36-16-20-44-18-2-4-26-52(44)54/h1-42H. The fourth-order valence-corrected chi connectivity index (χ4v) is 10.9. The Morgan fingerprint density at radius 3 is 0.727 bits per heavy atom.